The number of hydrogen-bond acceptors (Lipinski definition) is 6. The van der Waals surface area contributed by atoms with E-state index in [2.05, 4.69) is 24.0 Å². The maximum Gasteiger partial charge on any atom is 0.277 e. The summed E-state index contributed by atoms with van der Waals surface area (Å²) in [4.78, 5) is 14.5. The van der Waals surface area contributed by atoms with Crippen LogP contribution in [0.5, 0.6) is 5.75 Å². The molecule has 6 nitrogen and oxygen atoms in total. The molecule has 3 rings (SSSR count). The first-order chi connectivity index (χ1) is 12.1. The fraction of sp³-hybridized carbons (Fsp3) is 0.500. The molecule has 1 aromatic carbocycles. The second kappa shape index (κ2) is 7.91. The van der Waals surface area contributed by atoms with Crippen molar-refractivity contribution in [1.29, 1.82) is 0 Å². The van der Waals surface area contributed by atoms with Crippen molar-refractivity contribution in [3.63, 3.8) is 0 Å². The van der Waals surface area contributed by atoms with Gasteiger partial charge < -0.3 is 14.1 Å². The van der Waals surface area contributed by atoms with Gasteiger partial charge in [0.1, 0.15) is 5.75 Å². The van der Waals surface area contributed by atoms with Gasteiger partial charge in [-0.05, 0) is 57.4 Å². The molecule has 1 saturated heterocycles. The smallest absolute Gasteiger partial charge is 0.277 e. The van der Waals surface area contributed by atoms with Crippen molar-refractivity contribution in [2.24, 2.45) is 0 Å². The Hall–Kier alpha value is -2.02. The lowest BCUT2D eigenvalue weighted by Gasteiger charge is -2.39. The number of amides is 1. The van der Waals surface area contributed by atoms with Crippen LogP contribution >= 0.6 is 11.8 Å². The summed E-state index contributed by atoms with van der Waals surface area (Å²) in [6, 6.07) is 8.01. The lowest BCUT2D eigenvalue weighted by atomic mass is 9.98. The van der Waals surface area contributed by atoms with E-state index in [4.69, 9.17) is 9.15 Å². The molecule has 1 aromatic heterocycles. The standard InChI is InChI=1S/C18H23N3O3S/c1-12-5-4-6-13(2)21(12)16(22)11-25-18-20-19-17(24-18)14-7-9-15(23-3)10-8-14/h7-10,12-13H,4-6,11H2,1-3H3/t12-,13+. The van der Waals surface area contributed by atoms with Crippen molar-refractivity contribution in [2.45, 2.75) is 50.4 Å². The highest BCUT2D eigenvalue weighted by Gasteiger charge is 2.29. The fourth-order valence-corrected chi connectivity index (χ4v) is 3.86. The van der Waals surface area contributed by atoms with Crippen molar-refractivity contribution in [2.75, 3.05) is 12.9 Å². The Morgan fingerprint density at radius 1 is 1.24 bits per heavy atom. The minimum absolute atomic E-state index is 0.133. The third-order valence-corrected chi connectivity index (χ3v) is 5.35. The summed E-state index contributed by atoms with van der Waals surface area (Å²) < 4.78 is 10.8. The number of methoxy groups -OCH3 is 1. The highest BCUT2D eigenvalue weighted by atomic mass is 32.2. The first kappa shape index (κ1) is 17.8. The lowest BCUT2D eigenvalue weighted by molar-refractivity contribution is -0.134. The Balaban J connectivity index is 1.60. The normalized spacial score (nSPS) is 20.5. The van der Waals surface area contributed by atoms with E-state index < -0.39 is 0 Å². The van der Waals surface area contributed by atoms with Gasteiger partial charge in [-0.3, -0.25) is 4.79 Å². The Morgan fingerprint density at radius 3 is 2.56 bits per heavy atom. The van der Waals surface area contributed by atoms with E-state index in [1.165, 1.54) is 18.2 Å². The number of hydrogen-bond donors (Lipinski definition) is 0. The van der Waals surface area contributed by atoms with E-state index in [1.54, 1.807) is 7.11 Å². The largest absolute Gasteiger partial charge is 0.497 e. The number of rotatable bonds is 5. The summed E-state index contributed by atoms with van der Waals surface area (Å²) in [6.45, 7) is 4.24. The second-order valence-electron chi connectivity index (χ2n) is 6.32. The average Bonchev–Trinajstić information content (AvgIpc) is 3.09. The van der Waals surface area contributed by atoms with Crippen LogP contribution in [-0.4, -0.2) is 46.0 Å². The highest BCUT2D eigenvalue weighted by molar-refractivity contribution is 7.99. The predicted molar refractivity (Wildman–Crippen MR) is 96.6 cm³/mol. The van der Waals surface area contributed by atoms with Crippen LogP contribution in [0.2, 0.25) is 0 Å². The van der Waals surface area contributed by atoms with E-state index in [1.807, 2.05) is 29.2 Å². The molecular formula is C18H23N3O3S. The number of likely N-dealkylation sites (tertiary alicyclic amines) is 1. The van der Waals surface area contributed by atoms with Crippen molar-refractivity contribution >= 4 is 17.7 Å². The molecule has 1 fully saturated rings. The molecule has 0 aliphatic carbocycles. The van der Waals surface area contributed by atoms with Crippen LogP contribution in [-0.2, 0) is 4.79 Å². The summed E-state index contributed by atoms with van der Waals surface area (Å²) in [6.07, 6.45) is 3.33. The molecule has 1 aliphatic heterocycles. The van der Waals surface area contributed by atoms with Gasteiger partial charge in [0, 0.05) is 17.6 Å². The second-order valence-corrected chi connectivity index (χ2v) is 7.25. The van der Waals surface area contributed by atoms with Crippen LogP contribution in [0.3, 0.4) is 0 Å². The number of nitrogens with zero attached hydrogens (tertiary/aromatic N) is 3. The van der Waals surface area contributed by atoms with Crippen LogP contribution in [0.25, 0.3) is 11.5 Å². The number of carbonyl (C=O) groups excluding carboxylic acids is 1. The summed E-state index contributed by atoms with van der Waals surface area (Å²) in [5.41, 5.74) is 0.824. The molecule has 0 N–H and O–H groups in total. The van der Waals surface area contributed by atoms with Gasteiger partial charge in [-0.25, -0.2) is 0 Å². The lowest BCUT2D eigenvalue weighted by Crippen LogP contribution is -2.48. The molecule has 2 aromatic rings. The van der Waals surface area contributed by atoms with E-state index in [0.29, 0.717) is 29.0 Å². The first-order valence-electron chi connectivity index (χ1n) is 8.50. The van der Waals surface area contributed by atoms with E-state index in [-0.39, 0.29) is 5.91 Å². The van der Waals surface area contributed by atoms with Crippen LogP contribution < -0.4 is 4.74 Å². The summed E-state index contributed by atoms with van der Waals surface area (Å²) in [5, 5.41) is 8.51. The minimum Gasteiger partial charge on any atom is -0.497 e. The van der Waals surface area contributed by atoms with Gasteiger partial charge in [-0.1, -0.05) is 11.8 Å². The van der Waals surface area contributed by atoms with Gasteiger partial charge in [0.2, 0.25) is 11.8 Å². The SMILES string of the molecule is COc1ccc(-c2nnc(SCC(=O)N3[C@H](C)CCC[C@@H]3C)o2)cc1. The molecule has 0 unspecified atom stereocenters. The molecule has 2 heterocycles. The van der Waals surface area contributed by atoms with Gasteiger partial charge in [-0.15, -0.1) is 10.2 Å². The first-order valence-corrected chi connectivity index (χ1v) is 9.49. The molecule has 0 saturated carbocycles. The zero-order valence-electron chi connectivity index (χ0n) is 14.8. The molecule has 7 heteroatoms. The number of aromatic nitrogens is 2. The van der Waals surface area contributed by atoms with Crippen molar-refractivity contribution in [3.8, 4) is 17.2 Å². The van der Waals surface area contributed by atoms with Crippen molar-refractivity contribution in [1.82, 2.24) is 15.1 Å². The molecule has 0 spiro atoms. The van der Waals surface area contributed by atoms with Crippen molar-refractivity contribution in [3.05, 3.63) is 24.3 Å². The summed E-state index contributed by atoms with van der Waals surface area (Å²) >= 11 is 1.29. The third kappa shape index (κ3) is 4.15. The van der Waals surface area contributed by atoms with Crippen LogP contribution in [0, 0.1) is 0 Å². The van der Waals surface area contributed by atoms with Crippen LogP contribution in [0.1, 0.15) is 33.1 Å². The van der Waals surface area contributed by atoms with Crippen molar-refractivity contribution < 1.29 is 13.9 Å². The van der Waals surface area contributed by atoms with Gasteiger partial charge in [0.15, 0.2) is 0 Å². The number of benzene rings is 1. The maximum atomic E-state index is 12.5. The quantitative estimate of drug-likeness (QED) is 0.758. The molecule has 1 amide bonds. The predicted octanol–water partition coefficient (Wildman–Crippen LogP) is 3.63. The zero-order chi connectivity index (χ0) is 17.8. The monoisotopic (exact) mass is 361 g/mol. The van der Waals surface area contributed by atoms with Crippen LogP contribution in [0.15, 0.2) is 33.9 Å². The molecule has 1 aliphatic rings. The highest BCUT2D eigenvalue weighted by Crippen LogP contribution is 2.27. The Bertz CT molecular complexity index is 707. The summed E-state index contributed by atoms with van der Waals surface area (Å²) in [7, 11) is 1.62. The Morgan fingerprint density at radius 2 is 1.92 bits per heavy atom. The number of thioether (sulfide) groups is 1. The molecular weight excluding hydrogens is 338 g/mol. The van der Waals surface area contributed by atoms with E-state index >= 15 is 0 Å². The molecule has 25 heavy (non-hydrogen) atoms. The third-order valence-electron chi connectivity index (χ3n) is 4.54. The maximum absolute atomic E-state index is 12.5. The minimum atomic E-state index is 0.133. The fourth-order valence-electron chi connectivity index (χ4n) is 3.23. The Labute approximate surface area is 151 Å². The van der Waals surface area contributed by atoms with E-state index in [9.17, 15) is 4.79 Å². The topological polar surface area (TPSA) is 68.5 Å². The molecule has 0 bridgehead atoms. The molecule has 134 valence electrons. The molecule has 2 atom stereocenters. The number of ether oxygens (including phenoxy) is 1. The van der Waals surface area contributed by atoms with Gasteiger partial charge >= 0.3 is 0 Å². The van der Waals surface area contributed by atoms with Gasteiger partial charge in [-0.2, -0.15) is 0 Å². The van der Waals surface area contributed by atoms with Gasteiger partial charge in [0.05, 0.1) is 12.9 Å². The van der Waals surface area contributed by atoms with Crippen LogP contribution in [0.4, 0.5) is 0 Å². The van der Waals surface area contributed by atoms with Gasteiger partial charge in [0.25, 0.3) is 5.22 Å². The van der Waals surface area contributed by atoms with E-state index in [0.717, 1.165) is 24.2 Å². The zero-order valence-corrected chi connectivity index (χ0v) is 15.6. The molecule has 0 radical (unpaired) electrons. The number of carbonyl (C=O) groups is 1. The summed E-state index contributed by atoms with van der Waals surface area (Å²) in [5.74, 6) is 1.67. The number of piperidine rings is 1. The Kier molecular flexibility index (Phi) is 5.63. The average molecular weight is 361 g/mol.